The minimum Gasteiger partial charge on any atom is -0.375 e. The number of hydrogen-bond acceptors (Lipinski definition) is 2. The van der Waals surface area contributed by atoms with Gasteiger partial charge in [0.05, 0.1) is 12.7 Å². The van der Waals surface area contributed by atoms with Gasteiger partial charge in [-0.25, -0.2) is 0 Å². The summed E-state index contributed by atoms with van der Waals surface area (Å²) < 4.78 is 5.53. The van der Waals surface area contributed by atoms with Gasteiger partial charge in [0.15, 0.2) is 5.96 Å². The highest BCUT2D eigenvalue weighted by Gasteiger charge is 2.19. The molecule has 0 aromatic rings. The largest absolute Gasteiger partial charge is 0.375 e. The van der Waals surface area contributed by atoms with Crippen LogP contribution in [0.15, 0.2) is 4.99 Å². The van der Waals surface area contributed by atoms with Crippen molar-refractivity contribution in [2.45, 2.75) is 26.4 Å². The molecule has 4 nitrogen and oxygen atoms in total. The lowest BCUT2D eigenvalue weighted by Gasteiger charge is -2.33. The molecule has 1 aliphatic rings. The van der Waals surface area contributed by atoms with Crippen molar-refractivity contribution >= 4 is 5.96 Å². The summed E-state index contributed by atoms with van der Waals surface area (Å²) in [6.45, 7) is 7.38. The second-order valence-corrected chi connectivity index (χ2v) is 3.18. The summed E-state index contributed by atoms with van der Waals surface area (Å²) in [5, 5.41) is 0. The summed E-state index contributed by atoms with van der Waals surface area (Å²) in [6.07, 6.45) is 1.36. The molecule has 0 bridgehead atoms. The number of nitrogens with zero attached hydrogens (tertiary/aromatic N) is 2. The van der Waals surface area contributed by atoms with Gasteiger partial charge >= 0.3 is 0 Å². The molecule has 2 N–H and O–H groups in total. The minimum absolute atomic E-state index is 0.319. The maximum Gasteiger partial charge on any atom is 0.191 e. The van der Waals surface area contributed by atoms with Gasteiger partial charge in [-0.3, -0.25) is 4.99 Å². The Bertz CT molecular complexity index is 182. The average molecular weight is 185 g/mol. The third-order valence-corrected chi connectivity index (χ3v) is 2.24. The molecule has 1 fully saturated rings. The Morgan fingerprint density at radius 3 is 3.00 bits per heavy atom. The Morgan fingerprint density at radius 1 is 1.62 bits per heavy atom. The molecule has 13 heavy (non-hydrogen) atoms. The molecule has 1 rings (SSSR count). The van der Waals surface area contributed by atoms with Crippen LogP contribution in [0.1, 0.15) is 20.3 Å². The van der Waals surface area contributed by atoms with E-state index < -0.39 is 0 Å². The van der Waals surface area contributed by atoms with Crippen molar-refractivity contribution in [2.24, 2.45) is 10.7 Å². The number of hydrogen-bond donors (Lipinski definition) is 1. The van der Waals surface area contributed by atoms with E-state index in [2.05, 4.69) is 16.8 Å². The van der Waals surface area contributed by atoms with Gasteiger partial charge < -0.3 is 15.4 Å². The van der Waals surface area contributed by atoms with Crippen LogP contribution in [0, 0.1) is 0 Å². The van der Waals surface area contributed by atoms with Crippen LogP contribution in [0.25, 0.3) is 0 Å². The number of ether oxygens (including phenoxy) is 1. The fourth-order valence-corrected chi connectivity index (χ4v) is 1.44. The fraction of sp³-hybridized carbons (Fsp3) is 0.889. The Balaban J connectivity index is 2.46. The molecular formula is C9H19N3O. The summed E-state index contributed by atoms with van der Waals surface area (Å²) in [5.74, 6) is 0.657. The van der Waals surface area contributed by atoms with E-state index >= 15 is 0 Å². The van der Waals surface area contributed by atoms with E-state index in [1.807, 2.05) is 6.92 Å². The van der Waals surface area contributed by atoms with Crippen LogP contribution < -0.4 is 5.73 Å². The molecule has 0 aromatic carbocycles. The number of aliphatic imine (C=N–C) groups is 1. The first-order chi connectivity index (χ1) is 6.27. The van der Waals surface area contributed by atoms with Crippen LogP contribution in [0.2, 0.25) is 0 Å². The topological polar surface area (TPSA) is 50.8 Å². The van der Waals surface area contributed by atoms with E-state index in [1.54, 1.807) is 0 Å². The monoisotopic (exact) mass is 185 g/mol. The van der Waals surface area contributed by atoms with Crippen LogP contribution in [0.3, 0.4) is 0 Å². The first-order valence-electron chi connectivity index (χ1n) is 4.94. The first kappa shape index (κ1) is 10.3. The highest BCUT2D eigenvalue weighted by molar-refractivity contribution is 5.78. The van der Waals surface area contributed by atoms with Gasteiger partial charge in [0.2, 0.25) is 0 Å². The molecule has 0 amide bonds. The van der Waals surface area contributed by atoms with Crippen LogP contribution in [0.4, 0.5) is 0 Å². The van der Waals surface area contributed by atoms with Gasteiger partial charge in [-0.1, -0.05) is 6.92 Å². The van der Waals surface area contributed by atoms with Crippen LogP contribution in [-0.2, 0) is 4.74 Å². The number of rotatable bonds is 2. The number of morpholine rings is 1. The number of guanidine groups is 1. The predicted octanol–water partition coefficient (Wildman–Crippen LogP) is 0.432. The Hall–Kier alpha value is -0.770. The van der Waals surface area contributed by atoms with E-state index in [9.17, 15) is 0 Å². The fourth-order valence-electron chi connectivity index (χ4n) is 1.44. The lowest BCUT2D eigenvalue weighted by atomic mass is 10.2. The van der Waals surface area contributed by atoms with Crippen LogP contribution in [0.5, 0.6) is 0 Å². The molecular weight excluding hydrogens is 166 g/mol. The highest BCUT2D eigenvalue weighted by atomic mass is 16.5. The molecule has 0 saturated carbocycles. The minimum atomic E-state index is 0.319. The highest BCUT2D eigenvalue weighted by Crippen LogP contribution is 2.07. The molecule has 1 aliphatic heterocycles. The molecule has 1 atom stereocenters. The van der Waals surface area contributed by atoms with E-state index in [-0.39, 0.29) is 0 Å². The summed E-state index contributed by atoms with van der Waals surface area (Å²) in [4.78, 5) is 6.28. The van der Waals surface area contributed by atoms with Crippen molar-refractivity contribution in [3.63, 3.8) is 0 Å². The smallest absolute Gasteiger partial charge is 0.191 e. The lowest BCUT2D eigenvalue weighted by molar-refractivity contribution is -0.00743. The predicted molar refractivity (Wildman–Crippen MR) is 53.8 cm³/mol. The lowest BCUT2D eigenvalue weighted by Crippen LogP contribution is -2.48. The maximum absolute atomic E-state index is 5.80. The van der Waals surface area contributed by atoms with E-state index in [4.69, 9.17) is 10.5 Å². The quantitative estimate of drug-likeness (QED) is 0.501. The van der Waals surface area contributed by atoms with Crippen molar-refractivity contribution in [2.75, 3.05) is 26.2 Å². The SMILES string of the molecule is CCN=C(N)N1CCOC(CC)C1. The molecule has 76 valence electrons. The van der Waals surface area contributed by atoms with Crippen LogP contribution >= 0.6 is 0 Å². The standard InChI is InChI=1S/C9H19N3O/c1-3-8-7-12(5-6-13-8)9(10)11-4-2/h8H,3-7H2,1-2H3,(H2,10,11). The zero-order valence-electron chi connectivity index (χ0n) is 8.49. The summed E-state index contributed by atoms with van der Waals surface area (Å²) >= 11 is 0. The van der Waals surface area contributed by atoms with E-state index in [0.29, 0.717) is 12.1 Å². The Kier molecular flexibility index (Phi) is 4.02. The van der Waals surface area contributed by atoms with Crippen molar-refractivity contribution in [3.05, 3.63) is 0 Å². The zero-order chi connectivity index (χ0) is 9.68. The maximum atomic E-state index is 5.80. The third-order valence-electron chi connectivity index (χ3n) is 2.24. The second kappa shape index (κ2) is 5.07. The first-order valence-corrected chi connectivity index (χ1v) is 4.94. The van der Waals surface area contributed by atoms with Crippen LogP contribution in [-0.4, -0.2) is 43.2 Å². The Morgan fingerprint density at radius 2 is 2.38 bits per heavy atom. The van der Waals surface area contributed by atoms with Crippen molar-refractivity contribution in [1.29, 1.82) is 0 Å². The zero-order valence-corrected chi connectivity index (χ0v) is 8.49. The van der Waals surface area contributed by atoms with Crippen molar-refractivity contribution < 1.29 is 4.74 Å². The molecule has 1 heterocycles. The number of nitrogens with two attached hydrogens (primary N) is 1. The van der Waals surface area contributed by atoms with Gasteiger partial charge in [-0.05, 0) is 13.3 Å². The average Bonchev–Trinajstić information content (AvgIpc) is 2.18. The van der Waals surface area contributed by atoms with Gasteiger partial charge in [0, 0.05) is 19.6 Å². The van der Waals surface area contributed by atoms with Crippen molar-refractivity contribution in [3.8, 4) is 0 Å². The molecule has 0 aromatic heterocycles. The third kappa shape index (κ3) is 2.88. The van der Waals surface area contributed by atoms with Gasteiger partial charge in [-0.2, -0.15) is 0 Å². The summed E-state index contributed by atoms with van der Waals surface area (Å²) in [6, 6.07) is 0. The van der Waals surface area contributed by atoms with Crippen molar-refractivity contribution in [1.82, 2.24) is 4.90 Å². The van der Waals surface area contributed by atoms with E-state index in [1.165, 1.54) is 0 Å². The molecule has 4 heteroatoms. The molecule has 0 spiro atoms. The summed E-state index contributed by atoms with van der Waals surface area (Å²) in [5.41, 5.74) is 5.80. The molecule has 1 saturated heterocycles. The van der Waals surface area contributed by atoms with E-state index in [0.717, 1.165) is 32.7 Å². The molecule has 0 aliphatic carbocycles. The molecule has 1 unspecified atom stereocenters. The van der Waals surface area contributed by atoms with Gasteiger partial charge in [-0.15, -0.1) is 0 Å². The van der Waals surface area contributed by atoms with Gasteiger partial charge in [0.25, 0.3) is 0 Å². The van der Waals surface area contributed by atoms with Gasteiger partial charge in [0.1, 0.15) is 0 Å². The normalized spacial score (nSPS) is 24.9. The Labute approximate surface area is 79.8 Å². The summed E-state index contributed by atoms with van der Waals surface area (Å²) in [7, 11) is 0. The molecule has 0 radical (unpaired) electrons. The second-order valence-electron chi connectivity index (χ2n) is 3.18.